The SMILES string of the molecule is N[C@H]1C(=O)Nc2ccc([C@@H](Br)C3CC3)cc21. The summed E-state index contributed by atoms with van der Waals surface area (Å²) in [7, 11) is 0. The minimum absolute atomic E-state index is 0.107. The van der Waals surface area contributed by atoms with E-state index in [4.69, 9.17) is 5.73 Å². The number of amides is 1. The number of rotatable bonds is 2. The third-order valence-corrected chi connectivity index (χ3v) is 4.58. The highest BCUT2D eigenvalue weighted by atomic mass is 79.9. The lowest BCUT2D eigenvalue weighted by Gasteiger charge is -2.11. The number of hydrogen-bond donors (Lipinski definition) is 2. The van der Waals surface area contributed by atoms with Gasteiger partial charge in [-0.3, -0.25) is 4.79 Å². The number of halogens is 1. The summed E-state index contributed by atoms with van der Waals surface area (Å²) in [6, 6.07) is 5.56. The fourth-order valence-electron chi connectivity index (χ4n) is 2.14. The van der Waals surface area contributed by atoms with Crippen molar-refractivity contribution in [2.75, 3.05) is 5.32 Å². The van der Waals surface area contributed by atoms with Crippen molar-refractivity contribution in [1.82, 2.24) is 0 Å². The number of benzene rings is 1. The average molecular weight is 281 g/mol. The molecule has 1 amide bonds. The smallest absolute Gasteiger partial charge is 0.245 e. The molecule has 3 N–H and O–H groups in total. The molecule has 4 heteroatoms. The summed E-state index contributed by atoms with van der Waals surface area (Å²) in [5, 5.41) is 2.78. The molecule has 0 saturated heterocycles. The lowest BCUT2D eigenvalue weighted by molar-refractivity contribution is -0.116. The summed E-state index contributed by atoms with van der Waals surface area (Å²) in [6.45, 7) is 0. The molecule has 1 aliphatic carbocycles. The summed E-state index contributed by atoms with van der Waals surface area (Å²) in [5.74, 6) is 0.643. The number of carbonyl (C=O) groups excluding carboxylic acids is 1. The maximum Gasteiger partial charge on any atom is 0.245 e. The van der Waals surface area contributed by atoms with E-state index in [0.717, 1.165) is 17.2 Å². The Balaban J connectivity index is 1.96. The van der Waals surface area contributed by atoms with Crippen LogP contribution in [0.3, 0.4) is 0 Å². The fourth-order valence-corrected chi connectivity index (χ4v) is 2.95. The van der Waals surface area contributed by atoms with E-state index in [1.54, 1.807) is 0 Å². The van der Waals surface area contributed by atoms with E-state index in [0.29, 0.717) is 4.83 Å². The zero-order chi connectivity index (χ0) is 11.3. The van der Waals surface area contributed by atoms with Gasteiger partial charge in [0.15, 0.2) is 0 Å². The Kier molecular flexibility index (Phi) is 2.30. The van der Waals surface area contributed by atoms with E-state index in [1.807, 2.05) is 6.07 Å². The zero-order valence-corrected chi connectivity index (χ0v) is 10.3. The lowest BCUT2D eigenvalue weighted by Crippen LogP contribution is -2.19. The summed E-state index contributed by atoms with van der Waals surface area (Å²) in [4.78, 5) is 11.8. The molecule has 16 heavy (non-hydrogen) atoms. The Labute approximate surface area is 103 Å². The summed E-state index contributed by atoms with van der Waals surface area (Å²) in [6.07, 6.45) is 2.58. The molecule has 3 nitrogen and oxygen atoms in total. The first-order chi connectivity index (χ1) is 7.66. The molecule has 0 spiro atoms. The van der Waals surface area contributed by atoms with Crippen molar-refractivity contribution in [3.05, 3.63) is 29.3 Å². The molecule has 1 saturated carbocycles. The van der Waals surface area contributed by atoms with Crippen LogP contribution in [0.25, 0.3) is 0 Å². The van der Waals surface area contributed by atoms with Gasteiger partial charge in [-0.05, 0) is 30.4 Å². The average Bonchev–Trinajstić information content (AvgIpc) is 3.07. The van der Waals surface area contributed by atoms with Crippen LogP contribution < -0.4 is 11.1 Å². The Morgan fingerprint density at radius 3 is 2.88 bits per heavy atom. The van der Waals surface area contributed by atoms with Crippen LogP contribution in [0.2, 0.25) is 0 Å². The molecule has 0 bridgehead atoms. The first-order valence-corrected chi connectivity index (χ1v) is 6.43. The second kappa shape index (κ2) is 3.57. The van der Waals surface area contributed by atoms with Crippen LogP contribution >= 0.6 is 15.9 Å². The summed E-state index contributed by atoms with van der Waals surface area (Å²) >= 11 is 3.71. The van der Waals surface area contributed by atoms with E-state index in [2.05, 4.69) is 33.4 Å². The summed E-state index contributed by atoms with van der Waals surface area (Å²) in [5.41, 5.74) is 8.83. The van der Waals surface area contributed by atoms with Gasteiger partial charge < -0.3 is 11.1 Å². The van der Waals surface area contributed by atoms with Gasteiger partial charge >= 0.3 is 0 Å². The third kappa shape index (κ3) is 1.57. The summed E-state index contributed by atoms with van der Waals surface area (Å²) < 4.78 is 0. The molecule has 0 unspecified atom stereocenters. The molecule has 0 radical (unpaired) electrons. The molecule has 2 atom stereocenters. The Hall–Kier alpha value is -0.870. The molecular formula is C12H13BrN2O. The van der Waals surface area contributed by atoms with Gasteiger partial charge in [0.2, 0.25) is 5.91 Å². The number of alkyl halides is 1. The Morgan fingerprint density at radius 1 is 1.44 bits per heavy atom. The molecule has 0 aromatic heterocycles. The van der Waals surface area contributed by atoms with E-state index >= 15 is 0 Å². The highest BCUT2D eigenvalue weighted by Crippen LogP contribution is 2.47. The number of hydrogen-bond acceptors (Lipinski definition) is 2. The Bertz CT molecular complexity index is 456. The monoisotopic (exact) mass is 280 g/mol. The van der Waals surface area contributed by atoms with Gasteiger partial charge in [0.05, 0.1) is 0 Å². The van der Waals surface area contributed by atoms with Crippen molar-refractivity contribution in [2.24, 2.45) is 11.7 Å². The molecule has 1 aromatic carbocycles. The van der Waals surface area contributed by atoms with Crippen LogP contribution in [0.5, 0.6) is 0 Å². The van der Waals surface area contributed by atoms with E-state index in [1.165, 1.54) is 18.4 Å². The molecule has 1 fully saturated rings. The van der Waals surface area contributed by atoms with Gasteiger partial charge in [-0.15, -0.1) is 0 Å². The largest absolute Gasteiger partial charge is 0.324 e. The molecule has 2 aliphatic rings. The van der Waals surface area contributed by atoms with Crippen LogP contribution in [-0.2, 0) is 4.79 Å². The van der Waals surface area contributed by atoms with E-state index < -0.39 is 6.04 Å². The second-order valence-electron chi connectivity index (χ2n) is 4.55. The van der Waals surface area contributed by atoms with Crippen LogP contribution in [0.1, 0.15) is 34.8 Å². The van der Waals surface area contributed by atoms with Crippen molar-refractivity contribution < 1.29 is 4.79 Å². The van der Waals surface area contributed by atoms with Crippen molar-refractivity contribution in [1.29, 1.82) is 0 Å². The standard InChI is InChI=1S/C12H13BrN2O/c13-10(6-1-2-6)7-3-4-9-8(5-7)11(14)12(16)15-9/h3-6,10-11H,1-2,14H2,(H,15,16)/t10-,11+/m0/s1. The van der Waals surface area contributed by atoms with Crippen molar-refractivity contribution >= 4 is 27.5 Å². The first kappa shape index (κ1) is 10.3. The maximum atomic E-state index is 11.4. The van der Waals surface area contributed by atoms with E-state index in [9.17, 15) is 4.79 Å². The van der Waals surface area contributed by atoms with Gasteiger partial charge in [-0.1, -0.05) is 28.1 Å². The van der Waals surface area contributed by atoms with Crippen LogP contribution in [-0.4, -0.2) is 5.91 Å². The maximum absolute atomic E-state index is 11.4. The molecule has 1 aliphatic heterocycles. The minimum Gasteiger partial charge on any atom is -0.324 e. The zero-order valence-electron chi connectivity index (χ0n) is 8.74. The van der Waals surface area contributed by atoms with Gasteiger partial charge in [0, 0.05) is 16.1 Å². The van der Waals surface area contributed by atoms with Crippen molar-refractivity contribution in [3.8, 4) is 0 Å². The van der Waals surface area contributed by atoms with Crippen LogP contribution in [0.4, 0.5) is 5.69 Å². The van der Waals surface area contributed by atoms with Crippen molar-refractivity contribution in [2.45, 2.75) is 23.7 Å². The predicted octanol–water partition coefficient (Wildman–Crippen LogP) is 2.48. The van der Waals surface area contributed by atoms with Gasteiger partial charge in [0.1, 0.15) is 6.04 Å². The number of nitrogens with one attached hydrogen (secondary N) is 1. The highest BCUT2D eigenvalue weighted by molar-refractivity contribution is 9.09. The normalized spacial score (nSPS) is 25.1. The fraction of sp³-hybridized carbons (Fsp3) is 0.417. The molecule has 1 heterocycles. The van der Waals surface area contributed by atoms with E-state index in [-0.39, 0.29) is 5.91 Å². The molecule has 84 valence electrons. The number of fused-ring (bicyclic) bond motifs is 1. The molecular weight excluding hydrogens is 268 g/mol. The topological polar surface area (TPSA) is 55.1 Å². The van der Waals surface area contributed by atoms with Gasteiger partial charge in [-0.25, -0.2) is 0 Å². The highest BCUT2D eigenvalue weighted by Gasteiger charge is 2.32. The minimum atomic E-state index is -0.506. The van der Waals surface area contributed by atoms with Gasteiger partial charge in [0.25, 0.3) is 0 Å². The number of nitrogens with two attached hydrogens (primary N) is 1. The van der Waals surface area contributed by atoms with Crippen LogP contribution in [0.15, 0.2) is 18.2 Å². The first-order valence-electron chi connectivity index (χ1n) is 5.51. The predicted molar refractivity (Wildman–Crippen MR) is 66.4 cm³/mol. The lowest BCUT2D eigenvalue weighted by atomic mass is 10.0. The number of anilines is 1. The quantitative estimate of drug-likeness (QED) is 0.818. The Morgan fingerprint density at radius 2 is 2.19 bits per heavy atom. The third-order valence-electron chi connectivity index (χ3n) is 3.31. The molecule has 3 rings (SSSR count). The second-order valence-corrected chi connectivity index (χ2v) is 5.54. The van der Waals surface area contributed by atoms with Crippen LogP contribution in [0, 0.1) is 5.92 Å². The molecule has 1 aromatic rings. The van der Waals surface area contributed by atoms with Crippen molar-refractivity contribution in [3.63, 3.8) is 0 Å². The number of carbonyl (C=O) groups is 1. The van der Waals surface area contributed by atoms with Gasteiger partial charge in [-0.2, -0.15) is 0 Å².